The molecule has 3 heterocycles. The van der Waals surface area contributed by atoms with Gasteiger partial charge in [0.15, 0.2) is 5.16 Å². The first kappa shape index (κ1) is 15.3. The Kier molecular flexibility index (Phi) is 4.94. The van der Waals surface area contributed by atoms with E-state index in [2.05, 4.69) is 38.5 Å². The summed E-state index contributed by atoms with van der Waals surface area (Å²) in [5, 5.41) is 10.1. The first-order valence-electron chi connectivity index (χ1n) is 7.62. The van der Waals surface area contributed by atoms with Crippen molar-refractivity contribution in [2.24, 2.45) is 0 Å². The minimum Gasteiger partial charge on any atom is -0.378 e. The molecule has 2 aromatic rings. The third-order valence-corrected chi connectivity index (χ3v) is 4.90. The maximum Gasteiger partial charge on any atom is 0.228 e. The highest BCUT2D eigenvalue weighted by Crippen LogP contribution is 2.34. The van der Waals surface area contributed by atoms with Gasteiger partial charge < -0.3 is 9.64 Å². The number of morpholine rings is 1. The van der Waals surface area contributed by atoms with Crippen molar-refractivity contribution in [3.63, 3.8) is 0 Å². The molecule has 118 valence electrons. The molecule has 0 bridgehead atoms. The molecule has 0 unspecified atom stereocenters. The molecule has 0 spiro atoms. The van der Waals surface area contributed by atoms with Crippen LogP contribution in [0.15, 0.2) is 29.7 Å². The van der Waals surface area contributed by atoms with Gasteiger partial charge in [-0.2, -0.15) is 0 Å². The maximum absolute atomic E-state index is 5.41. The van der Waals surface area contributed by atoms with Crippen molar-refractivity contribution in [2.75, 3.05) is 31.2 Å². The van der Waals surface area contributed by atoms with E-state index in [-0.39, 0.29) is 0 Å². The van der Waals surface area contributed by atoms with Crippen LogP contribution in [0.5, 0.6) is 0 Å². The Balaban J connectivity index is 1.78. The van der Waals surface area contributed by atoms with Gasteiger partial charge in [-0.3, -0.25) is 9.55 Å². The Morgan fingerprint density at radius 2 is 1.95 bits per heavy atom. The van der Waals surface area contributed by atoms with Gasteiger partial charge in [0.1, 0.15) is 0 Å². The zero-order valence-electron chi connectivity index (χ0n) is 13.0. The van der Waals surface area contributed by atoms with Crippen molar-refractivity contribution in [3.05, 3.63) is 30.1 Å². The number of hydrogen-bond acceptors (Lipinski definition) is 6. The lowest BCUT2D eigenvalue weighted by molar-refractivity contribution is 0.121. The molecule has 0 N–H and O–H groups in total. The van der Waals surface area contributed by atoms with E-state index in [1.54, 1.807) is 11.8 Å². The van der Waals surface area contributed by atoms with Crippen LogP contribution < -0.4 is 4.90 Å². The van der Waals surface area contributed by atoms with Gasteiger partial charge in [-0.25, -0.2) is 0 Å². The number of anilines is 1. The Morgan fingerprint density at radius 1 is 1.23 bits per heavy atom. The molecule has 22 heavy (non-hydrogen) atoms. The number of hydrogen-bond donors (Lipinski definition) is 0. The number of rotatable bonds is 5. The molecule has 1 aliphatic heterocycles. The molecule has 1 fully saturated rings. The summed E-state index contributed by atoms with van der Waals surface area (Å²) in [6.07, 6.45) is 3.66. The van der Waals surface area contributed by atoms with E-state index in [9.17, 15) is 0 Å². The minimum atomic E-state index is 0.315. The summed E-state index contributed by atoms with van der Waals surface area (Å²) in [4.78, 5) is 6.32. The van der Waals surface area contributed by atoms with E-state index in [0.717, 1.165) is 44.0 Å². The Labute approximate surface area is 134 Å². The largest absolute Gasteiger partial charge is 0.378 e. The van der Waals surface area contributed by atoms with Crippen molar-refractivity contribution >= 4 is 17.7 Å². The Hall–Kier alpha value is -1.60. The molecule has 0 aliphatic carbocycles. The molecule has 2 aromatic heterocycles. The van der Waals surface area contributed by atoms with E-state index in [4.69, 9.17) is 4.74 Å². The van der Waals surface area contributed by atoms with E-state index >= 15 is 0 Å². The highest BCUT2D eigenvalue weighted by molar-refractivity contribution is 7.99. The molecule has 0 aromatic carbocycles. The number of aromatic nitrogens is 4. The van der Waals surface area contributed by atoms with E-state index in [0.29, 0.717) is 5.25 Å². The van der Waals surface area contributed by atoms with E-state index in [1.807, 2.05) is 24.5 Å². The van der Waals surface area contributed by atoms with Gasteiger partial charge in [-0.15, -0.1) is 10.2 Å². The average molecular weight is 319 g/mol. The van der Waals surface area contributed by atoms with E-state index in [1.165, 1.54) is 5.56 Å². The summed E-state index contributed by atoms with van der Waals surface area (Å²) in [6.45, 7) is 8.45. The monoisotopic (exact) mass is 319 g/mol. The van der Waals surface area contributed by atoms with Crippen LogP contribution in [0, 0.1) is 0 Å². The van der Waals surface area contributed by atoms with Crippen LogP contribution in [0.25, 0.3) is 0 Å². The zero-order valence-corrected chi connectivity index (χ0v) is 13.8. The summed E-state index contributed by atoms with van der Waals surface area (Å²) in [5.41, 5.74) is 1.25. The molecule has 7 heteroatoms. The Morgan fingerprint density at radius 3 is 2.64 bits per heavy atom. The SMILES string of the molecule is CCn1c(S[C@H](C)c2ccncc2)nnc1N1CCOCC1. The molecule has 1 saturated heterocycles. The van der Waals surface area contributed by atoms with Gasteiger partial charge in [-0.05, 0) is 31.5 Å². The average Bonchev–Trinajstić information content (AvgIpc) is 2.99. The molecular weight excluding hydrogens is 298 g/mol. The van der Waals surface area contributed by atoms with Crippen LogP contribution in [0.2, 0.25) is 0 Å². The van der Waals surface area contributed by atoms with E-state index < -0.39 is 0 Å². The van der Waals surface area contributed by atoms with Crippen LogP contribution >= 0.6 is 11.8 Å². The molecule has 0 saturated carbocycles. The molecule has 3 rings (SSSR count). The summed E-state index contributed by atoms with van der Waals surface area (Å²) < 4.78 is 7.60. The lowest BCUT2D eigenvalue weighted by Crippen LogP contribution is -2.38. The normalized spacial score (nSPS) is 16.7. The molecular formula is C15H21N5OS. The fraction of sp³-hybridized carbons (Fsp3) is 0.533. The highest BCUT2D eigenvalue weighted by Gasteiger charge is 2.21. The smallest absolute Gasteiger partial charge is 0.228 e. The Bertz CT molecular complexity index is 597. The van der Waals surface area contributed by atoms with Gasteiger partial charge in [0.25, 0.3) is 0 Å². The topological polar surface area (TPSA) is 56.1 Å². The van der Waals surface area contributed by atoms with Crippen molar-refractivity contribution in [1.82, 2.24) is 19.7 Å². The molecule has 0 amide bonds. The predicted molar refractivity (Wildman–Crippen MR) is 87.2 cm³/mol. The minimum absolute atomic E-state index is 0.315. The zero-order chi connectivity index (χ0) is 15.4. The number of pyridine rings is 1. The number of ether oxygens (including phenoxy) is 1. The van der Waals surface area contributed by atoms with Crippen LogP contribution in [0.4, 0.5) is 5.95 Å². The quantitative estimate of drug-likeness (QED) is 0.789. The van der Waals surface area contributed by atoms with Gasteiger partial charge in [0.05, 0.1) is 13.2 Å². The first-order valence-corrected chi connectivity index (χ1v) is 8.50. The maximum atomic E-state index is 5.41. The van der Waals surface area contributed by atoms with Gasteiger partial charge in [0, 0.05) is 37.3 Å². The summed E-state index contributed by atoms with van der Waals surface area (Å²) in [7, 11) is 0. The second-order valence-corrected chi connectivity index (χ2v) is 6.47. The highest BCUT2D eigenvalue weighted by atomic mass is 32.2. The van der Waals surface area contributed by atoms with Crippen molar-refractivity contribution in [1.29, 1.82) is 0 Å². The second kappa shape index (κ2) is 7.11. The third kappa shape index (κ3) is 3.25. The van der Waals surface area contributed by atoms with Gasteiger partial charge in [-0.1, -0.05) is 11.8 Å². The fourth-order valence-corrected chi connectivity index (χ4v) is 3.54. The lowest BCUT2D eigenvalue weighted by Gasteiger charge is -2.27. The second-order valence-electron chi connectivity index (χ2n) is 5.17. The summed E-state index contributed by atoms with van der Waals surface area (Å²) in [5.74, 6) is 0.954. The molecule has 6 nitrogen and oxygen atoms in total. The fourth-order valence-electron chi connectivity index (χ4n) is 2.50. The summed E-state index contributed by atoms with van der Waals surface area (Å²) >= 11 is 1.74. The number of thioether (sulfide) groups is 1. The van der Waals surface area contributed by atoms with Gasteiger partial charge in [0.2, 0.25) is 5.95 Å². The van der Waals surface area contributed by atoms with Crippen molar-refractivity contribution in [2.45, 2.75) is 30.8 Å². The van der Waals surface area contributed by atoms with Gasteiger partial charge >= 0.3 is 0 Å². The molecule has 0 radical (unpaired) electrons. The first-order chi connectivity index (χ1) is 10.8. The van der Waals surface area contributed by atoms with Crippen LogP contribution in [0.1, 0.15) is 24.7 Å². The third-order valence-electron chi connectivity index (χ3n) is 3.77. The lowest BCUT2D eigenvalue weighted by atomic mass is 10.2. The number of nitrogens with zero attached hydrogens (tertiary/aromatic N) is 5. The van der Waals surface area contributed by atoms with Crippen LogP contribution in [0.3, 0.4) is 0 Å². The van der Waals surface area contributed by atoms with Crippen molar-refractivity contribution in [3.8, 4) is 0 Å². The molecule has 1 aliphatic rings. The van der Waals surface area contributed by atoms with Crippen LogP contribution in [-0.4, -0.2) is 46.1 Å². The predicted octanol–water partition coefficient (Wildman–Crippen LogP) is 2.38. The molecule has 1 atom stereocenters. The van der Waals surface area contributed by atoms with Crippen molar-refractivity contribution < 1.29 is 4.74 Å². The summed E-state index contributed by atoms with van der Waals surface area (Å²) in [6, 6.07) is 4.10. The standard InChI is InChI=1S/C15H21N5OS/c1-3-20-14(19-8-10-21-11-9-19)17-18-15(20)22-12(2)13-4-6-16-7-5-13/h4-7,12H,3,8-11H2,1-2H3/t12-/m1/s1. The van der Waals surface area contributed by atoms with Crippen LogP contribution in [-0.2, 0) is 11.3 Å².